The lowest BCUT2D eigenvalue weighted by Gasteiger charge is -2.27. The zero-order chi connectivity index (χ0) is 10.8. The fourth-order valence-electron chi connectivity index (χ4n) is 1.43. The van der Waals surface area contributed by atoms with Crippen molar-refractivity contribution in [1.29, 1.82) is 0 Å². The number of likely N-dealkylation sites (N-methyl/N-ethyl adjacent to an activating group) is 1. The van der Waals surface area contributed by atoms with E-state index in [-0.39, 0.29) is 0 Å². The van der Waals surface area contributed by atoms with E-state index in [1.165, 1.54) is 0 Å². The summed E-state index contributed by atoms with van der Waals surface area (Å²) in [6.45, 7) is 4.15. The van der Waals surface area contributed by atoms with Gasteiger partial charge in [-0.3, -0.25) is 0 Å². The number of hydrogen-bond donors (Lipinski definition) is 2. The normalized spacial score (nSPS) is 11.4. The van der Waals surface area contributed by atoms with E-state index in [1.54, 1.807) is 13.8 Å². The average molecular weight is 194 g/mol. The van der Waals surface area contributed by atoms with E-state index in [1.807, 2.05) is 36.2 Å². The number of nitrogens with zero attached hydrogens (tertiary/aromatic N) is 1. The predicted octanol–water partition coefficient (Wildman–Crippen LogP) is 1.48. The second-order valence-corrected chi connectivity index (χ2v) is 4.26. The minimum absolute atomic E-state index is 0.580. The molecule has 0 fully saturated rings. The number of hydrogen-bond acceptors (Lipinski definition) is 3. The summed E-state index contributed by atoms with van der Waals surface area (Å²) in [6.07, 6.45) is 0. The largest absolute Gasteiger partial charge is 0.399 e. The molecule has 14 heavy (non-hydrogen) atoms. The van der Waals surface area contributed by atoms with Crippen molar-refractivity contribution in [2.45, 2.75) is 19.4 Å². The summed E-state index contributed by atoms with van der Waals surface area (Å²) < 4.78 is 0. The van der Waals surface area contributed by atoms with Gasteiger partial charge in [0.15, 0.2) is 0 Å². The van der Waals surface area contributed by atoms with Gasteiger partial charge in [0, 0.05) is 25.0 Å². The SMILES string of the molecule is CN(CC(C)(C)O)c1cccc(N)c1. The smallest absolute Gasteiger partial charge is 0.0765 e. The molecule has 0 amide bonds. The van der Waals surface area contributed by atoms with Crippen molar-refractivity contribution >= 4 is 11.4 Å². The van der Waals surface area contributed by atoms with Gasteiger partial charge >= 0.3 is 0 Å². The molecule has 3 N–H and O–H groups in total. The maximum Gasteiger partial charge on any atom is 0.0765 e. The molecule has 1 aromatic rings. The summed E-state index contributed by atoms with van der Waals surface area (Å²) in [4.78, 5) is 1.98. The molecule has 3 heteroatoms. The number of rotatable bonds is 3. The number of nitrogen functional groups attached to an aromatic ring is 1. The molecule has 78 valence electrons. The molecule has 0 bridgehead atoms. The molecule has 3 nitrogen and oxygen atoms in total. The third-order valence-electron chi connectivity index (χ3n) is 1.94. The summed E-state index contributed by atoms with van der Waals surface area (Å²) in [5.41, 5.74) is 6.74. The van der Waals surface area contributed by atoms with E-state index in [0.29, 0.717) is 6.54 Å². The zero-order valence-corrected chi connectivity index (χ0v) is 8.99. The first kappa shape index (κ1) is 10.9. The van der Waals surface area contributed by atoms with E-state index in [0.717, 1.165) is 11.4 Å². The van der Waals surface area contributed by atoms with Gasteiger partial charge in [-0.05, 0) is 32.0 Å². The van der Waals surface area contributed by atoms with Crippen LogP contribution >= 0.6 is 0 Å². The van der Waals surface area contributed by atoms with Gasteiger partial charge in [0.05, 0.1) is 5.60 Å². The summed E-state index contributed by atoms with van der Waals surface area (Å²) in [5.74, 6) is 0. The minimum atomic E-state index is -0.695. The lowest BCUT2D eigenvalue weighted by Crippen LogP contribution is -2.36. The van der Waals surface area contributed by atoms with Crippen LogP contribution in [0.15, 0.2) is 24.3 Å². The summed E-state index contributed by atoms with van der Waals surface area (Å²) in [5, 5.41) is 9.65. The maximum atomic E-state index is 9.65. The Morgan fingerprint density at radius 1 is 1.43 bits per heavy atom. The summed E-state index contributed by atoms with van der Waals surface area (Å²) >= 11 is 0. The highest BCUT2D eigenvalue weighted by Gasteiger charge is 2.15. The number of anilines is 2. The quantitative estimate of drug-likeness (QED) is 0.716. The number of aliphatic hydroxyl groups is 1. The number of nitrogens with two attached hydrogens (primary N) is 1. The van der Waals surface area contributed by atoms with Crippen LogP contribution in [0, 0.1) is 0 Å². The van der Waals surface area contributed by atoms with Crippen LogP contribution in [0.3, 0.4) is 0 Å². The van der Waals surface area contributed by atoms with Gasteiger partial charge in [-0.15, -0.1) is 0 Å². The van der Waals surface area contributed by atoms with Crippen LogP contribution in [-0.4, -0.2) is 24.3 Å². The van der Waals surface area contributed by atoms with Crippen LogP contribution < -0.4 is 10.6 Å². The molecule has 1 rings (SSSR count). The molecule has 1 aromatic carbocycles. The monoisotopic (exact) mass is 194 g/mol. The maximum absolute atomic E-state index is 9.65. The van der Waals surface area contributed by atoms with E-state index in [2.05, 4.69) is 0 Å². The Kier molecular flexibility index (Phi) is 3.01. The molecule has 0 unspecified atom stereocenters. The zero-order valence-electron chi connectivity index (χ0n) is 8.99. The molecule has 0 aliphatic heterocycles. The van der Waals surface area contributed by atoms with Crippen molar-refractivity contribution in [3.63, 3.8) is 0 Å². The van der Waals surface area contributed by atoms with E-state index < -0.39 is 5.60 Å². The van der Waals surface area contributed by atoms with Gasteiger partial charge in [0.2, 0.25) is 0 Å². The van der Waals surface area contributed by atoms with Gasteiger partial charge in [0.25, 0.3) is 0 Å². The Hall–Kier alpha value is -1.22. The van der Waals surface area contributed by atoms with Crippen molar-refractivity contribution in [2.75, 3.05) is 24.2 Å². The summed E-state index contributed by atoms with van der Waals surface area (Å²) in [6, 6.07) is 7.63. The van der Waals surface area contributed by atoms with Crippen LogP contribution in [0.5, 0.6) is 0 Å². The Bertz CT molecular complexity index is 304. The predicted molar refractivity (Wildman–Crippen MR) is 60.4 cm³/mol. The molecule has 0 saturated carbocycles. The van der Waals surface area contributed by atoms with Gasteiger partial charge in [-0.1, -0.05) is 6.07 Å². The van der Waals surface area contributed by atoms with Crippen molar-refractivity contribution in [1.82, 2.24) is 0 Å². The van der Waals surface area contributed by atoms with E-state index in [4.69, 9.17) is 5.73 Å². The Labute approximate surface area is 85.2 Å². The Balaban J connectivity index is 2.74. The molecule has 0 aliphatic rings. The van der Waals surface area contributed by atoms with Gasteiger partial charge in [0.1, 0.15) is 0 Å². The average Bonchev–Trinajstić information content (AvgIpc) is 2.01. The third-order valence-corrected chi connectivity index (χ3v) is 1.94. The highest BCUT2D eigenvalue weighted by atomic mass is 16.3. The van der Waals surface area contributed by atoms with Gasteiger partial charge in [-0.25, -0.2) is 0 Å². The Morgan fingerprint density at radius 2 is 2.07 bits per heavy atom. The third kappa shape index (κ3) is 3.26. The van der Waals surface area contributed by atoms with Gasteiger partial charge < -0.3 is 15.7 Å². The topological polar surface area (TPSA) is 49.5 Å². The lowest BCUT2D eigenvalue weighted by atomic mass is 10.1. The second kappa shape index (κ2) is 3.88. The van der Waals surface area contributed by atoms with E-state index in [9.17, 15) is 5.11 Å². The molecule has 0 radical (unpaired) electrons. The first-order valence-corrected chi connectivity index (χ1v) is 4.67. The fraction of sp³-hybridized carbons (Fsp3) is 0.455. The number of benzene rings is 1. The lowest BCUT2D eigenvalue weighted by molar-refractivity contribution is 0.0886. The first-order chi connectivity index (χ1) is 6.38. The molecule has 0 spiro atoms. The molecule has 0 saturated heterocycles. The van der Waals surface area contributed by atoms with Crippen LogP contribution in [0.4, 0.5) is 11.4 Å². The summed E-state index contributed by atoms with van der Waals surface area (Å²) in [7, 11) is 1.94. The highest BCUT2D eigenvalue weighted by molar-refractivity contribution is 5.55. The molecular formula is C11H18N2O. The van der Waals surface area contributed by atoms with Crippen LogP contribution in [0.25, 0.3) is 0 Å². The van der Waals surface area contributed by atoms with E-state index >= 15 is 0 Å². The second-order valence-electron chi connectivity index (χ2n) is 4.26. The molecule has 0 aromatic heterocycles. The molecule has 0 atom stereocenters. The molecular weight excluding hydrogens is 176 g/mol. The van der Waals surface area contributed by atoms with Crippen molar-refractivity contribution in [3.8, 4) is 0 Å². The minimum Gasteiger partial charge on any atom is -0.399 e. The van der Waals surface area contributed by atoms with Crippen LogP contribution in [-0.2, 0) is 0 Å². The fourth-order valence-corrected chi connectivity index (χ4v) is 1.43. The Morgan fingerprint density at radius 3 is 2.57 bits per heavy atom. The standard InChI is InChI=1S/C11H18N2O/c1-11(2,14)8-13(3)10-6-4-5-9(12)7-10/h4-7,14H,8,12H2,1-3H3. The van der Waals surface area contributed by atoms with Crippen molar-refractivity contribution in [3.05, 3.63) is 24.3 Å². The van der Waals surface area contributed by atoms with Crippen molar-refractivity contribution < 1.29 is 5.11 Å². The highest BCUT2D eigenvalue weighted by Crippen LogP contribution is 2.17. The van der Waals surface area contributed by atoms with Crippen LogP contribution in [0.1, 0.15) is 13.8 Å². The first-order valence-electron chi connectivity index (χ1n) is 4.67. The molecule has 0 heterocycles. The van der Waals surface area contributed by atoms with Crippen LogP contribution in [0.2, 0.25) is 0 Å². The van der Waals surface area contributed by atoms with Crippen molar-refractivity contribution in [2.24, 2.45) is 0 Å². The van der Waals surface area contributed by atoms with Gasteiger partial charge in [-0.2, -0.15) is 0 Å². The molecule has 0 aliphatic carbocycles.